The fourth-order valence-corrected chi connectivity index (χ4v) is 2.14. The lowest BCUT2D eigenvalue weighted by Gasteiger charge is -2.04. The lowest BCUT2D eigenvalue weighted by atomic mass is 10.2. The minimum atomic E-state index is 0.0420. The third-order valence-electron chi connectivity index (χ3n) is 3.15. The van der Waals surface area contributed by atoms with Crippen LogP contribution in [0, 0.1) is 5.41 Å². The first-order valence-electron chi connectivity index (χ1n) is 6.16. The molecule has 0 saturated carbocycles. The molecule has 1 heterocycles. The fourth-order valence-electron chi connectivity index (χ4n) is 2.14. The number of nitrogens with two attached hydrogens (primary N) is 1. The zero-order valence-electron chi connectivity index (χ0n) is 11.0. The summed E-state index contributed by atoms with van der Waals surface area (Å²) in [7, 11) is 1.63. The van der Waals surface area contributed by atoms with Crippen LogP contribution in [-0.4, -0.2) is 22.9 Å². The van der Waals surface area contributed by atoms with Gasteiger partial charge in [-0.25, -0.2) is 4.98 Å². The minimum Gasteiger partial charge on any atom is -0.496 e. The van der Waals surface area contributed by atoms with Crippen LogP contribution < -0.4 is 10.5 Å². The molecular weight excluding hydrogens is 252 g/mol. The van der Waals surface area contributed by atoms with Crippen LogP contribution in [-0.2, 0) is 0 Å². The SMILES string of the molecule is COc1ccccc1-c1nc2ccc(C(=N)N)cc2[nH]1. The third kappa shape index (κ3) is 1.99. The van der Waals surface area contributed by atoms with Crippen LogP contribution in [0.5, 0.6) is 5.75 Å². The molecule has 2 aromatic carbocycles. The molecule has 0 aliphatic rings. The zero-order valence-corrected chi connectivity index (χ0v) is 11.0. The van der Waals surface area contributed by atoms with Crippen LogP contribution in [0.2, 0.25) is 0 Å². The lowest BCUT2D eigenvalue weighted by molar-refractivity contribution is 0.416. The van der Waals surface area contributed by atoms with E-state index in [1.165, 1.54) is 0 Å². The average molecular weight is 266 g/mol. The van der Waals surface area contributed by atoms with E-state index in [4.69, 9.17) is 15.9 Å². The molecule has 0 radical (unpaired) electrons. The molecule has 0 fully saturated rings. The average Bonchev–Trinajstić information content (AvgIpc) is 2.89. The first kappa shape index (κ1) is 12.2. The molecule has 100 valence electrons. The number of hydrogen-bond acceptors (Lipinski definition) is 3. The van der Waals surface area contributed by atoms with Gasteiger partial charge in [0.1, 0.15) is 17.4 Å². The molecule has 0 spiro atoms. The van der Waals surface area contributed by atoms with Gasteiger partial charge in [-0.3, -0.25) is 5.41 Å². The molecule has 0 saturated heterocycles. The fraction of sp³-hybridized carbons (Fsp3) is 0.0667. The molecule has 0 unspecified atom stereocenters. The van der Waals surface area contributed by atoms with Gasteiger partial charge >= 0.3 is 0 Å². The normalized spacial score (nSPS) is 10.7. The third-order valence-corrected chi connectivity index (χ3v) is 3.15. The predicted molar refractivity (Wildman–Crippen MR) is 79.1 cm³/mol. The van der Waals surface area contributed by atoms with Crippen molar-refractivity contribution in [3.8, 4) is 17.1 Å². The van der Waals surface area contributed by atoms with Crippen LogP contribution in [0.3, 0.4) is 0 Å². The van der Waals surface area contributed by atoms with E-state index >= 15 is 0 Å². The highest BCUT2D eigenvalue weighted by Crippen LogP contribution is 2.29. The van der Waals surface area contributed by atoms with Gasteiger partial charge in [-0.2, -0.15) is 0 Å². The summed E-state index contributed by atoms with van der Waals surface area (Å²) in [5.74, 6) is 1.54. The van der Waals surface area contributed by atoms with E-state index in [0.29, 0.717) is 5.56 Å². The van der Waals surface area contributed by atoms with Crippen LogP contribution in [0.1, 0.15) is 5.56 Å². The molecule has 20 heavy (non-hydrogen) atoms. The van der Waals surface area contributed by atoms with Crippen molar-refractivity contribution >= 4 is 16.9 Å². The minimum absolute atomic E-state index is 0.0420. The Hall–Kier alpha value is -2.82. The van der Waals surface area contributed by atoms with Crippen LogP contribution in [0.15, 0.2) is 42.5 Å². The highest BCUT2D eigenvalue weighted by molar-refractivity contribution is 5.98. The second-order valence-corrected chi connectivity index (χ2v) is 4.43. The number of ether oxygens (including phenoxy) is 1. The number of nitrogen functional groups attached to an aromatic ring is 1. The smallest absolute Gasteiger partial charge is 0.142 e. The summed E-state index contributed by atoms with van der Waals surface area (Å²) >= 11 is 0. The number of H-pyrrole nitrogens is 1. The molecule has 5 nitrogen and oxygen atoms in total. The van der Waals surface area contributed by atoms with E-state index < -0.39 is 0 Å². The van der Waals surface area contributed by atoms with Crippen LogP contribution in [0.25, 0.3) is 22.4 Å². The Morgan fingerprint density at radius 3 is 2.80 bits per heavy atom. The number of nitrogens with one attached hydrogen (secondary N) is 2. The van der Waals surface area contributed by atoms with E-state index in [2.05, 4.69) is 9.97 Å². The maximum Gasteiger partial charge on any atom is 0.142 e. The largest absolute Gasteiger partial charge is 0.496 e. The van der Waals surface area contributed by atoms with Crippen molar-refractivity contribution in [3.05, 3.63) is 48.0 Å². The van der Waals surface area contributed by atoms with Crippen molar-refractivity contribution in [2.45, 2.75) is 0 Å². The second kappa shape index (κ2) is 4.70. The summed E-state index contributed by atoms with van der Waals surface area (Å²) in [6.07, 6.45) is 0. The molecule has 0 bridgehead atoms. The zero-order chi connectivity index (χ0) is 14.1. The Balaban J connectivity index is 2.15. The predicted octanol–water partition coefficient (Wildman–Crippen LogP) is 2.52. The second-order valence-electron chi connectivity index (χ2n) is 4.43. The molecule has 0 aliphatic heterocycles. The van der Waals surface area contributed by atoms with E-state index in [0.717, 1.165) is 28.2 Å². The number of aromatic nitrogens is 2. The van der Waals surface area contributed by atoms with Crippen LogP contribution >= 0.6 is 0 Å². The topological polar surface area (TPSA) is 87.8 Å². The quantitative estimate of drug-likeness (QED) is 0.502. The van der Waals surface area contributed by atoms with Gasteiger partial charge in [0.2, 0.25) is 0 Å². The van der Waals surface area contributed by atoms with Crippen molar-refractivity contribution in [2.75, 3.05) is 7.11 Å². The Morgan fingerprint density at radius 1 is 1.25 bits per heavy atom. The number of rotatable bonds is 3. The highest BCUT2D eigenvalue weighted by Gasteiger charge is 2.10. The maximum atomic E-state index is 7.47. The first-order valence-corrected chi connectivity index (χ1v) is 6.16. The van der Waals surface area contributed by atoms with E-state index in [1.54, 1.807) is 13.2 Å². The summed E-state index contributed by atoms with van der Waals surface area (Å²) in [5, 5.41) is 7.47. The Labute approximate surface area is 115 Å². The Bertz CT molecular complexity index is 791. The first-order chi connectivity index (χ1) is 9.69. The van der Waals surface area contributed by atoms with Crippen LogP contribution in [0.4, 0.5) is 0 Å². The molecule has 4 N–H and O–H groups in total. The molecule has 3 aromatic rings. The lowest BCUT2D eigenvalue weighted by Crippen LogP contribution is -2.10. The van der Waals surface area contributed by atoms with Gasteiger partial charge in [-0.05, 0) is 30.3 Å². The Morgan fingerprint density at radius 2 is 2.05 bits per heavy atom. The summed E-state index contributed by atoms with van der Waals surface area (Å²) < 4.78 is 5.34. The van der Waals surface area contributed by atoms with E-state index in [-0.39, 0.29) is 5.84 Å². The van der Waals surface area contributed by atoms with Crippen molar-refractivity contribution in [1.29, 1.82) is 5.41 Å². The number of fused-ring (bicyclic) bond motifs is 1. The number of para-hydroxylation sites is 1. The molecule has 0 amide bonds. The maximum absolute atomic E-state index is 7.47. The van der Waals surface area contributed by atoms with Gasteiger partial charge in [0.05, 0.1) is 23.7 Å². The number of methoxy groups -OCH3 is 1. The van der Waals surface area contributed by atoms with E-state index in [9.17, 15) is 0 Å². The van der Waals surface area contributed by atoms with Crippen molar-refractivity contribution in [2.24, 2.45) is 5.73 Å². The molecule has 0 aliphatic carbocycles. The monoisotopic (exact) mass is 266 g/mol. The molecular formula is C15H14N4O. The number of benzene rings is 2. The molecule has 3 rings (SSSR count). The number of aromatic amines is 1. The molecule has 1 aromatic heterocycles. The van der Waals surface area contributed by atoms with Crippen molar-refractivity contribution < 1.29 is 4.74 Å². The van der Waals surface area contributed by atoms with Gasteiger partial charge in [0.15, 0.2) is 0 Å². The van der Waals surface area contributed by atoms with Gasteiger partial charge in [-0.15, -0.1) is 0 Å². The molecule has 0 atom stereocenters. The molecule has 5 heteroatoms. The van der Waals surface area contributed by atoms with Gasteiger partial charge < -0.3 is 15.5 Å². The summed E-state index contributed by atoms with van der Waals surface area (Å²) in [4.78, 5) is 7.78. The van der Waals surface area contributed by atoms with E-state index in [1.807, 2.05) is 36.4 Å². The standard InChI is InChI=1S/C15H14N4O/c1-20-13-5-3-2-4-10(13)15-18-11-7-6-9(14(16)17)8-12(11)19-15/h2-8H,1H3,(H3,16,17)(H,18,19). The Kier molecular flexibility index (Phi) is 2.87. The highest BCUT2D eigenvalue weighted by atomic mass is 16.5. The van der Waals surface area contributed by atoms with Gasteiger partial charge in [0, 0.05) is 5.56 Å². The van der Waals surface area contributed by atoms with Crippen molar-refractivity contribution in [3.63, 3.8) is 0 Å². The summed E-state index contributed by atoms with van der Waals surface area (Å²) in [5.41, 5.74) is 8.75. The van der Waals surface area contributed by atoms with Crippen molar-refractivity contribution in [1.82, 2.24) is 9.97 Å². The number of amidine groups is 1. The van der Waals surface area contributed by atoms with Gasteiger partial charge in [0.25, 0.3) is 0 Å². The summed E-state index contributed by atoms with van der Waals surface area (Å²) in [6.45, 7) is 0. The summed E-state index contributed by atoms with van der Waals surface area (Å²) in [6, 6.07) is 13.2. The number of hydrogen-bond donors (Lipinski definition) is 3. The number of nitrogens with zero attached hydrogens (tertiary/aromatic N) is 1. The number of imidazole rings is 1. The van der Waals surface area contributed by atoms with Gasteiger partial charge in [-0.1, -0.05) is 12.1 Å².